The topological polar surface area (TPSA) is 87.0 Å². The van der Waals surface area contributed by atoms with Gasteiger partial charge >= 0.3 is 5.97 Å². The average Bonchev–Trinajstić information content (AvgIpc) is 2.48. The Morgan fingerprint density at radius 3 is 2.39 bits per heavy atom. The van der Waals surface area contributed by atoms with Gasteiger partial charge in [-0.1, -0.05) is 12.1 Å². The summed E-state index contributed by atoms with van der Waals surface area (Å²) in [6.45, 7) is 3.61. The Balaban J connectivity index is 2.69. The molecule has 0 fully saturated rings. The molecule has 120 valence electrons. The van der Waals surface area contributed by atoms with E-state index in [9.17, 15) is 15.0 Å². The molecule has 0 radical (unpaired) electrons. The smallest absolute Gasteiger partial charge is 0.328 e. The number of carbonyl (C=O) groups is 1. The molecule has 2 aromatic rings. The summed E-state index contributed by atoms with van der Waals surface area (Å²) in [6, 6.07) is 8.09. The van der Waals surface area contributed by atoms with Gasteiger partial charge in [-0.05, 0) is 54.3 Å². The highest BCUT2D eigenvalue weighted by Gasteiger charge is 2.15. The lowest BCUT2D eigenvalue weighted by molar-refractivity contribution is -0.131. The van der Waals surface area contributed by atoms with Crippen molar-refractivity contribution < 1.29 is 24.9 Å². The molecule has 2 rings (SSSR count). The van der Waals surface area contributed by atoms with E-state index in [0.717, 1.165) is 11.6 Å². The fourth-order valence-electron chi connectivity index (χ4n) is 2.46. The number of rotatable bonds is 4. The third kappa shape index (κ3) is 3.45. The molecule has 0 heterocycles. The highest BCUT2D eigenvalue weighted by molar-refractivity contribution is 5.97. The van der Waals surface area contributed by atoms with E-state index in [1.165, 1.54) is 13.2 Å². The van der Waals surface area contributed by atoms with Crippen molar-refractivity contribution in [1.29, 1.82) is 0 Å². The van der Waals surface area contributed by atoms with Crippen LogP contribution in [0.4, 0.5) is 0 Å². The number of aromatic hydroxyl groups is 2. The van der Waals surface area contributed by atoms with Gasteiger partial charge in [0.2, 0.25) is 0 Å². The van der Waals surface area contributed by atoms with E-state index in [2.05, 4.69) is 0 Å². The molecule has 5 heteroatoms. The van der Waals surface area contributed by atoms with E-state index >= 15 is 0 Å². The summed E-state index contributed by atoms with van der Waals surface area (Å²) in [7, 11) is 1.43. The predicted octanol–water partition coefficient (Wildman–Crippen LogP) is 3.24. The molecule has 0 aliphatic carbocycles. The maximum Gasteiger partial charge on any atom is 0.328 e. The van der Waals surface area contributed by atoms with E-state index in [4.69, 9.17) is 9.84 Å². The first-order valence-electron chi connectivity index (χ1n) is 6.96. The molecular weight excluding hydrogens is 296 g/mol. The minimum atomic E-state index is -1.14. The van der Waals surface area contributed by atoms with Gasteiger partial charge < -0.3 is 20.1 Å². The number of aryl methyl sites for hydroxylation is 2. The van der Waals surface area contributed by atoms with Crippen LogP contribution in [0, 0.1) is 13.8 Å². The number of hydrogen-bond donors (Lipinski definition) is 3. The second kappa shape index (κ2) is 6.44. The predicted molar refractivity (Wildman–Crippen MR) is 87.0 cm³/mol. The van der Waals surface area contributed by atoms with E-state index in [1.54, 1.807) is 25.1 Å². The number of benzene rings is 2. The van der Waals surface area contributed by atoms with Crippen molar-refractivity contribution in [3.8, 4) is 17.2 Å². The number of hydrogen-bond acceptors (Lipinski definition) is 4. The van der Waals surface area contributed by atoms with E-state index < -0.39 is 5.97 Å². The fraction of sp³-hybridized carbons (Fsp3) is 0.167. The van der Waals surface area contributed by atoms with Crippen molar-refractivity contribution in [3.05, 3.63) is 58.7 Å². The first kappa shape index (κ1) is 16.4. The Kier molecular flexibility index (Phi) is 4.60. The van der Waals surface area contributed by atoms with Gasteiger partial charge in [-0.25, -0.2) is 4.79 Å². The van der Waals surface area contributed by atoms with Crippen molar-refractivity contribution in [1.82, 2.24) is 0 Å². The van der Waals surface area contributed by atoms with Crippen molar-refractivity contribution in [3.63, 3.8) is 0 Å². The highest BCUT2D eigenvalue weighted by Crippen LogP contribution is 2.36. The van der Waals surface area contributed by atoms with E-state index in [0.29, 0.717) is 22.3 Å². The van der Waals surface area contributed by atoms with Gasteiger partial charge in [-0.15, -0.1) is 0 Å². The lowest BCUT2D eigenvalue weighted by Gasteiger charge is -2.14. The van der Waals surface area contributed by atoms with Crippen LogP contribution in [-0.4, -0.2) is 28.4 Å². The van der Waals surface area contributed by atoms with Crippen molar-refractivity contribution >= 4 is 11.5 Å². The van der Waals surface area contributed by atoms with Crippen LogP contribution in [0.3, 0.4) is 0 Å². The molecule has 23 heavy (non-hydrogen) atoms. The highest BCUT2D eigenvalue weighted by atomic mass is 16.5. The van der Waals surface area contributed by atoms with Crippen LogP contribution in [0.15, 0.2) is 36.4 Å². The van der Waals surface area contributed by atoms with Gasteiger partial charge in [-0.2, -0.15) is 0 Å². The standard InChI is InChI=1S/C18H18O5/c1-10-6-11(2)18(22)14(7-10)13(9-17(20)21)12-4-5-16(23-3)15(19)8-12/h4-9,19,22H,1-3H3,(H,20,21)/b13-9-. The number of aliphatic carboxylic acids is 1. The summed E-state index contributed by atoms with van der Waals surface area (Å²) in [5.41, 5.74) is 2.71. The largest absolute Gasteiger partial charge is 0.507 e. The molecule has 0 aliphatic rings. The Morgan fingerprint density at radius 1 is 1.13 bits per heavy atom. The Bertz CT molecular complexity index is 790. The summed E-state index contributed by atoms with van der Waals surface area (Å²) in [5, 5.41) is 29.4. The number of phenols is 2. The lowest BCUT2D eigenvalue weighted by atomic mass is 9.93. The first-order chi connectivity index (χ1) is 10.8. The van der Waals surface area contributed by atoms with Gasteiger partial charge in [0.15, 0.2) is 11.5 Å². The van der Waals surface area contributed by atoms with Crippen LogP contribution in [0.25, 0.3) is 5.57 Å². The van der Waals surface area contributed by atoms with Gasteiger partial charge in [0, 0.05) is 11.6 Å². The van der Waals surface area contributed by atoms with Gasteiger partial charge in [-0.3, -0.25) is 0 Å². The maximum absolute atomic E-state index is 11.2. The number of methoxy groups -OCH3 is 1. The van der Waals surface area contributed by atoms with Crippen LogP contribution < -0.4 is 4.74 Å². The van der Waals surface area contributed by atoms with E-state index in [1.807, 2.05) is 13.0 Å². The third-order valence-corrected chi connectivity index (χ3v) is 3.49. The van der Waals surface area contributed by atoms with Crippen LogP contribution in [0.2, 0.25) is 0 Å². The molecule has 0 unspecified atom stereocenters. The molecule has 2 aromatic carbocycles. The van der Waals surface area contributed by atoms with Crippen LogP contribution in [0.5, 0.6) is 17.2 Å². The summed E-state index contributed by atoms with van der Waals surface area (Å²) in [4.78, 5) is 11.2. The molecule has 0 aliphatic heterocycles. The second-order valence-corrected chi connectivity index (χ2v) is 5.26. The molecule has 0 saturated carbocycles. The van der Waals surface area contributed by atoms with Gasteiger partial charge in [0.05, 0.1) is 7.11 Å². The monoisotopic (exact) mass is 314 g/mol. The van der Waals surface area contributed by atoms with E-state index in [-0.39, 0.29) is 17.2 Å². The first-order valence-corrected chi connectivity index (χ1v) is 6.96. The van der Waals surface area contributed by atoms with Gasteiger partial charge in [0.1, 0.15) is 5.75 Å². The molecule has 0 spiro atoms. The van der Waals surface area contributed by atoms with Crippen LogP contribution in [0.1, 0.15) is 22.3 Å². The lowest BCUT2D eigenvalue weighted by Crippen LogP contribution is -1.97. The zero-order chi connectivity index (χ0) is 17.1. The van der Waals surface area contributed by atoms with Crippen molar-refractivity contribution in [2.75, 3.05) is 7.11 Å². The minimum Gasteiger partial charge on any atom is -0.507 e. The van der Waals surface area contributed by atoms with Crippen LogP contribution in [-0.2, 0) is 4.79 Å². The zero-order valence-electron chi connectivity index (χ0n) is 13.1. The Morgan fingerprint density at radius 2 is 1.83 bits per heavy atom. The molecule has 5 nitrogen and oxygen atoms in total. The average molecular weight is 314 g/mol. The fourth-order valence-corrected chi connectivity index (χ4v) is 2.46. The summed E-state index contributed by atoms with van der Waals surface area (Å²) in [6.07, 6.45) is 1.01. The molecule has 0 amide bonds. The van der Waals surface area contributed by atoms with Crippen molar-refractivity contribution in [2.24, 2.45) is 0 Å². The SMILES string of the molecule is COc1ccc(/C(=C/C(=O)O)c2cc(C)cc(C)c2O)cc1O. The molecule has 0 saturated heterocycles. The third-order valence-electron chi connectivity index (χ3n) is 3.49. The summed E-state index contributed by atoms with van der Waals surface area (Å²) >= 11 is 0. The number of carboxylic acids is 1. The number of ether oxygens (including phenoxy) is 1. The van der Waals surface area contributed by atoms with Crippen LogP contribution >= 0.6 is 0 Å². The van der Waals surface area contributed by atoms with Crippen molar-refractivity contribution in [2.45, 2.75) is 13.8 Å². The number of carboxylic acid groups (broad SMARTS) is 1. The summed E-state index contributed by atoms with van der Waals surface area (Å²) < 4.78 is 4.99. The molecule has 0 bridgehead atoms. The van der Waals surface area contributed by atoms with Gasteiger partial charge in [0.25, 0.3) is 0 Å². The second-order valence-electron chi connectivity index (χ2n) is 5.26. The molecule has 3 N–H and O–H groups in total. The maximum atomic E-state index is 11.2. The normalized spacial score (nSPS) is 11.3. The molecule has 0 aromatic heterocycles. The minimum absolute atomic E-state index is 0.0124. The molecular formula is C18H18O5. The Hall–Kier alpha value is -2.95. The Labute approximate surface area is 134 Å². The zero-order valence-corrected chi connectivity index (χ0v) is 13.1. The quantitative estimate of drug-likeness (QED) is 0.754. The number of phenolic OH excluding ortho intramolecular Hbond substituents is 2. The summed E-state index contributed by atoms with van der Waals surface area (Å²) in [5.74, 6) is -0.953. The molecule has 0 atom stereocenters.